The summed E-state index contributed by atoms with van der Waals surface area (Å²) in [4.78, 5) is 0. The van der Waals surface area contributed by atoms with Gasteiger partial charge in [-0.2, -0.15) is 8.78 Å². The highest BCUT2D eigenvalue weighted by atomic mass is 19.3. The van der Waals surface area contributed by atoms with E-state index < -0.39 is 25.0 Å². The predicted molar refractivity (Wildman–Crippen MR) is 44.6 cm³/mol. The molecule has 0 rings (SSSR count). The zero-order valence-corrected chi connectivity index (χ0v) is 7.56. The molecule has 0 heterocycles. The summed E-state index contributed by atoms with van der Waals surface area (Å²) in [5.74, 6) is -4.10. The van der Waals surface area contributed by atoms with Gasteiger partial charge >= 0.3 is 12.3 Å². The van der Waals surface area contributed by atoms with E-state index in [9.17, 15) is 17.6 Å². The van der Waals surface area contributed by atoms with Crippen molar-refractivity contribution >= 4 is 0 Å². The number of alkyl halides is 4. The summed E-state index contributed by atoms with van der Waals surface area (Å²) in [5, 5.41) is 0. The van der Waals surface area contributed by atoms with E-state index in [2.05, 4.69) is 11.3 Å². The van der Waals surface area contributed by atoms with E-state index in [0.29, 0.717) is 6.42 Å². The number of hydrogen-bond donors (Lipinski definition) is 1. The van der Waals surface area contributed by atoms with Crippen molar-refractivity contribution in [2.24, 2.45) is 5.73 Å². The van der Waals surface area contributed by atoms with Gasteiger partial charge in [0.25, 0.3) is 0 Å². The average molecular weight is 215 g/mol. The van der Waals surface area contributed by atoms with E-state index in [-0.39, 0.29) is 6.61 Å². The van der Waals surface area contributed by atoms with Gasteiger partial charge < -0.3 is 10.5 Å². The predicted octanol–water partition coefficient (Wildman–Crippen LogP) is 1.81. The lowest BCUT2D eigenvalue weighted by molar-refractivity contribution is -0.166. The largest absolute Gasteiger partial charge is 0.373 e. The van der Waals surface area contributed by atoms with Gasteiger partial charge in [0.05, 0.1) is 6.61 Å². The first-order valence-electron chi connectivity index (χ1n) is 4.00. The number of nitrogens with two attached hydrogens (primary N) is 1. The molecule has 0 saturated heterocycles. The Kier molecular flexibility index (Phi) is 5.71. The van der Waals surface area contributed by atoms with E-state index in [0.717, 1.165) is 0 Å². The van der Waals surface area contributed by atoms with Crippen molar-refractivity contribution in [3.8, 4) is 0 Å². The van der Waals surface area contributed by atoms with Crippen molar-refractivity contribution in [3.63, 3.8) is 0 Å². The molecule has 0 aliphatic carbocycles. The molecule has 0 aliphatic rings. The lowest BCUT2D eigenvalue weighted by Crippen LogP contribution is -2.35. The number of hydrogen-bond acceptors (Lipinski definition) is 2. The van der Waals surface area contributed by atoms with E-state index in [1.807, 2.05) is 0 Å². The third-order valence-corrected chi connectivity index (χ3v) is 1.42. The summed E-state index contributed by atoms with van der Waals surface area (Å²) in [6, 6.07) is -0.485. The summed E-state index contributed by atoms with van der Waals surface area (Å²) in [7, 11) is 0. The van der Waals surface area contributed by atoms with Crippen molar-refractivity contribution in [1.29, 1.82) is 0 Å². The quantitative estimate of drug-likeness (QED) is 0.519. The molecule has 0 saturated carbocycles. The molecule has 6 heteroatoms. The molecule has 2 nitrogen and oxygen atoms in total. The molecule has 0 spiro atoms. The molecule has 0 bridgehead atoms. The topological polar surface area (TPSA) is 35.2 Å². The lowest BCUT2D eigenvalue weighted by atomic mass is 10.2. The molecular weight excluding hydrogens is 202 g/mol. The molecule has 0 fully saturated rings. The van der Waals surface area contributed by atoms with Crippen LogP contribution in [0.1, 0.15) is 6.42 Å². The van der Waals surface area contributed by atoms with Gasteiger partial charge in [0, 0.05) is 6.04 Å². The highest BCUT2D eigenvalue weighted by Gasteiger charge is 2.40. The third-order valence-electron chi connectivity index (χ3n) is 1.42. The van der Waals surface area contributed by atoms with Crippen LogP contribution < -0.4 is 5.73 Å². The van der Waals surface area contributed by atoms with Crippen LogP contribution in [0.3, 0.4) is 0 Å². The van der Waals surface area contributed by atoms with Gasteiger partial charge in [-0.05, 0) is 6.42 Å². The third kappa shape index (κ3) is 5.18. The molecule has 0 aliphatic heterocycles. The van der Waals surface area contributed by atoms with Crippen LogP contribution in [-0.4, -0.2) is 31.6 Å². The van der Waals surface area contributed by atoms with Gasteiger partial charge in [0.1, 0.15) is 6.61 Å². The first-order chi connectivity index (χ1) is 6.40. The van der Waals surface area contributed by atoms with Crippen LogP contribution >= 0.6 is 0 Å². The Morgan fingerprint density at radius 3 is 2.43 bits per heavy atom. The maximum absolute atomic E-state index is 12.2. The molecule has 2 N–H and O–H groups in total. The maximum Gasteiger partial charge on any atom is 0.330 e. The fourth-order valence-electron chi connectivity index (χ4n) is 0.691. The van der Waals surface area contributed by atoms with E-state index in [1.54, 1.807) is 0 Å². The van der Waals surface area contributed by atoms with E-state index in [4.69, 9.17) is 5.73 Å². The minimum absolute atomic E-state index is 0.186. The van der Waals surface area contributed by atoms with E-state index in [1.165, 1.54) is 6.08 Å². The van der Waals surface area contributed by atoms with Crippen LogP contribution in [-0.2, 0) is 4.74 Å². The van der Waals surface area contributed by atoms with Crippen molar-refractivity contribution in [2.75, 3.05) is 13.2 Å². The molecule has 0 aromatic rings. The Balaban J connectivity index is 3.67. The van der Waals surface area contributed by atoms with Crippen LogP contribution in [0.25, 0.3) is 0 Å². The standard InChI is InChI=1S/C8H13F4NO/c1-2-3-6(13)4-14-5-8(11,12)7(9)10/h2,6-7H,1,3-5,13H2. The monoisotopic (exact) mass is 215 g/mol. The van der Waals surface area contributed by atoms with Gasteiger partial charge in [0.2, 0.25) is 0 Å². The van der Waals surface area contributed by atoms with Crippen molar-refractivity contribution in [2.45, 2.75) is 24.8 Å². The maximum atomic E-state index is 12.2. The smallest absolute Gasteiger partial charge is 0.330 e. The fourth-order valence-corrected chi connectivity index (χ4v) is 0.691. The van der Waals surface area contributed by atoms with Crippen LogP contribution in [0.4, 0.5) is 17.6 Å². The zero-order valence-electron chi connectivity index (χ0n) is 7.56. The Labute approximate surface area is 79.7 Å². The van der Waals surface area contributed by atoms with Crippen molar-refractivity contribution in [3.05, 3.63) is 12.7 Å². The van der Waals surface area contributed by atoms with Gasteiger partial charge in [-0.1, -0.05) is 6.08 Å². The van der Waals surface area contributed by atoms with Gasteiger partial charge in [-0.15, -0.1) is 6.58 Å². The van der Waals surface area contributed by atoms with Crippen LogP contribution in [0.15, 0.2) is 12.7 Å². The first-order valence-corrected chi connectivity index (χ1v) is 4.00. The summed E-state index contributed by atoms with van der Waals surface area (Å²) < 4.78 is 52.1. The highest BCUT2D eigenvalue weighted by molar-refractivity contribution is 4.75. The summed E-state index contributed by atoms with van der Waals surface area (Å²) in [6.07, 6.45) is -1.82. The molecule has 1 atom stereocenters. The molecule has 14 heavy (non-hydrogen) atoms. The Hall–Kier alpha value is -0.620. The summed E-state index contributed by atoms with van der Waals surface area (Å²) in [6.45, 7) is 1.89. The Bertz CT molecular complexity index is 175. The minimum Gasteiger partial charge on any atom is -0.373 e. The van der Waals surface area contributed by atoms with Crippen molar-refractivity contribution < 1.29 is 22.3 Å². The molecule has 84 valence electrons. The molecule has 0 aromatic heterocycles. The Morgan fingerprint density at radius 1 is 1.43 bits per heavy atom. The average Bonchev–Trinajstić information content (AvgIpc) is 2.04. The number of halogens is 4. The van der Waals surface area contributed by atoms with Gasteiger partial charge in [-0.3, -0.25) is 0 Å². The number of rotatable bonds is 7. The van der Waals surface area contributed by atoms with Crippen molar-refractivity contribution in [1.82, 2.24) is 0 Å². The zero-order chi connectivity index (χ0) is 11.2. The van der Waals surface area contributed by atoms with E-state index >= 15 is 0 Å². The van der Waals surface area contributed by atoms with Gasteiger partial charge in [-0.25, -0.2) is 8.78 Å². The molecular formula is C8H13F4NO. The molecule has 0 aromatic carbocycles. The van der Waals surface area contributed by atoms with Crippen LogP contribution in [0.2, 0.25) is 0 Å². The lowest BCUT2D eigenvalue weighted by Gasteiger charge is -2.16. The number of ether oxygens (including phenoxy) is 1. The second-order valence-electron chi connectivity index (χ2n) is 2.86. The fraction of sp³-hybridized carbons (Fsp3) is 0.750. The molecule has 0 amide bonds. The molecule has 1 unspecified atom stereocenters. The second-order valence-corrected chi connectivity index (χ2v) is 2.86. The summed E-state index contributed by atoms with van der Waals surface area (Å²) in [5.41, 5.74) is 5.36. The van der Waals surface area contributed by atoms with Crippen LogP contribution in [0.5, 0.6) is 0 Å². The normalized spacial score (nSPS) is 14.4. The SMILES string of the molecule is C=CCC(N)COCC(F)(F)C(F)F. The Morgan fingerprint density at radius 2 is 2.00 bits per heavy atom. The van der Waals surface area contributed by atoms with Gasteiger partial charge in [0.15, 0.2) is 0 Å². The molecule has 0 radical (unpaired) electrons. The summed E-state index contributed by atoms with van der Waals surface area (Å²) >= 11 is 0. The highest BCUT2D eigenvalue weighted by Crippen LogP contribution is 2.22. The van der Waals surface area contributed by atoms with Crippen LogP contribution in [0, 0.1) is 0 Å². The first kappa shape index (κ1) is 13.4. The second kappa shape index (κ2) is 5.98. The minimum atomic E-state index is -4.10.